The number of thiophene rings is 1. The Morgan fingerprint density at radius 1 is 1.15 bits per heavy atom. The molecule has 144 valence electrons. The van der Waals surface area contributed by atoms with Gasteiger partial charge in [-0.05, 0) is 18.6 Å². The van der Waals surface area contributed by atoms with Crippen molar-refractivity contribution in [2.45, 2.75) is 43.9 Å². The molecule has 0 unspecified atom stereocenters. The molecule has 0 aromatic carbocycles. The van der Waals surface area contributed by atoms with E-state index in [2.05, 4.69) is 28.3 Å². The van der Waals surface area contributed by atoms with Crippen LogP contribution in [0.15, 0.2) is 28.7 Å². The predicted octanol–water partition coefficient (Wildman–Crippen LogP) is 2.64. The molecule has 0 bridgehead atoms. The first-order valence-electron chi connectivity index (χ1n) is 9.24. The number of aryl methyl sites for hydroxylation is 1. The highest BCUT2D eigenvalue weighted by molar-refractivity contribution is 7.91. The Bertz CT molecular complexity index is 818. The van der Waals surface area contributed by atoms with E-state index in [1.54, 1.807) is 10.4 Å². The van der Waals surface area contributed by atoms with Gasteiger partial charge in [0.1, 0.15) is 10.0 Å². The van der Waals surface area contributed by atoms with Crippen molar-refractivity contribution in [3.8, 4) is 0 Å². The van der Waals surface area contributed by atoms with E-state index in [4.69, 9.17) is 0 Å². The van der Waals surface area contributed by atoms with Crippen LogP contribution in [0.3, 0.4) is 0 Å². The molecule has 8 heteroatoms. The number of aromatic nitrogens is 2. The summed E-state index contributed by atoms with van der Waals surface area (Å²) in [5.41, 5.74) is 0. The Morgan fingerprint density at radius 3 is 2.50 bits per heavy atom. The Hall–Kier alpha value is -1.22. The molecule has 0 aliphatic carbocycles. The minimum Gasteiger partial charge on any atom is -0.333 e. The smallest absolute Gasteiger partial charge is 0.252 e. The summed E-state index contributed by atoms with van der Waals surface area (Å²) in [5, 5.41) is 0. The van der Waals surface area contributed by atoms with E-state index in [0.717, 1.165) is 43.3 Å². The minimum atomic E-state index is -3.34. The van der Waals surface area contributed by atoms with Gasteiger partial charge in [0.15, 0.2) is 0 Å². The molecule has 0 spiro atoms. The fraction of sp³-hybridized carbons (Fsp3) is 0.611. The molecule has 26 heavy (non-hydrogen) atoms. The Morgan fingerprint density at radius 2 is 1.88 bits per heavy atom. The normalized spacial score (nSPS) is 17.2. The van der Waals surface area contributed by atoms with Gasteiger partial charge in [-0.15, -0.1) is 11.3 Å². The predicted molar refractivity (Wildman–Crippen MR) is 105 cm³/mol. The van der Waals surface area contributed by atoms with E-state index in [1.807, 2.05) is 25.4 Å². The second-order valence-corrected chi connectivity index (χ2v) is 10.3. The van der Waals surface area contributed by atoms with Crippen molar-refractivity contribution < 1.29 is 8.42 Å². The first-order chi connectivity index (χ1) is 12.4. The zero-order valence-electron chi connectivity index (χ0n) is 15.8. The van der Waals surface area contributed by atoms with Crippen LogP contribution in [0.5, 0.6) is 0 Å². The van der Waals surface area contributed by atoms with Crippen molar-refractivity contribution in [2.24, 2.45) is 0 Å². The number of nitrogens with zero attached hydrogens (tertiary/aromatic N) is 4. The summed E-state index contributed by atoms with van der Waals surface area (Å²) in [4.78, 5) is 7.87. The Kier molecular flexibility index (Phi) is 6.17. The molecule has 0 radical (unpaired) electrons. The lowest BCUT2D eigenvalue weighted by molar-refractivity contribution is 0.182. The van der Waals surface area contributed by atoms with Gasteiger partial charge in [-0.25, -0.2) is 13.4 Å². The monoisotopic (exact) mass is 396 g/mol. The molecule has 0 amide bonds. The maximum absolute atomic E-state index is 12.8. The van der Waals surface area contributed by atoms with Crippen LogP contribution in [-0.4, -0.2) is 59.9 Å². The van der Waals surface area contributed by atoms with Gasteiger partial charge >= 0.3 is 0 Å². The second-order valence-electron chi connectivity index (χ2n) is 6.95. The molecule has 0 N–H and O–H groups in total. The van der Waals surface area contributed by atoms with Crippen LogP contribution in [0.25, 0.3) is 0 Å². The van der Waals surface area contributed by atoms with Gasteiger partial charge in [0.25, 0.3) is 10.0 Å². The summed E-state index contributed by atoms with van der Waals surface area (Å²) in [6, 6.07) is 3.67. The van der Waals surface area contributed by atoms with Gasteiger partial charge in [0, 0.05) is 62.5 Å². The molecule has 0 atom stereocenters. The van der Waals surface area contributed by atoms with E-state index in [1.165, 1.54) is 11.3 Å². The number of hydrogen-bond acceptors (Lipinski definition) is 5. The molecule has 2 aromatic heterocycles. The first-order valence-corrected chi connectivity index (χ1v) is 11.5. The van der Waals surface area contributed by atoms with Crippen LogP contribution in [0.4, 0.5) is 0 Å². The van der Waals surface area contributed by atoms with Gasteiger partial charge in [0.05, 0.1) is 0 Å². The highest BCUT2D eigenvalue weighted by Crippen LogP contribution is 2.26. The lowest BCUT2D eigenvalue weighted by atomic mass is 10.2. The second kappa shape index (κ2) is 8.21. The van der Waals surface area contributed by atoms with Crippen LogP contribution < -0.4 is 0 Å². The standard InChI is InChI=1S/C18H28N4O2S2/c1-4-16-5-6-17(25-16)26(23,24)22-13-10-20(11-14-22)9-12-21-8-7-19-18(21)15(2)3/h5-8,15H,4,9-14H2,1-3H3. The van der Waals surface area contributed by atoms with Crippen molar-refractivity contribution >= 4 is 21.4 Å². The molecule has 1 aliphatic heterocycles. The third-order valence-electron chi connectivity index (χ3n) is 4.83. The minimum absolute atomic E-state index is 0.408. The van der Waals surface area contributed by atoms with Crippen molar-refractivity contribution in [2.75, 3.05) is 32.7 Å². The van der Waals surface area contributed by atoms with E-state index >= 15 is 0 Å². The van der Waals surface area contributed by atoms with Crippen LogP contribution in [0.1, 0.15) is 37.4 Å². The highest BCUT2D eigenvalue weighted by Gasteiger charge is 2.29. The Balaban J connectivity index is 1.54. The number of piperazine rings is 1. The number of hydrogen-bond donors (Lipinski definition) is 0. The summed E-state index contributed by atoms with van der Waals surface area (Å²) in [7, 11) is -3.34. The van der Waals surface area contributed by atoms with Crippen LogP contribution in [-0.2, 0) is 23.0 Å². The van der Waals surface area contributed by atoms with Crippen molar-refractivity contribution in [1.82, 2.24) is 18.8 Å². The summed E-state index contributed by atoms with van der Waals surface area (Å²) < 4.78 is 29.9. The molecule has 1 aliphatic rings. The van der Waals surface area contributed by atoms with Gasteiger partial charge in [-0.3, -0.25) is 4.90 Å². The fourth-order valence-electron chi connectivity index (χ4n) is 3.27. The highest BCUT2D eigenvalue weighted by atomic mass is 32.2. The molecule has 0 saturated carbocycles. The average Bonchev–Trinajstić information content (AvgIpc) is 3.29. The van der Waals surface area contributed by atoms with Gasteiger partial charge < -0.3 is 4.57 Å². The van der Waals surface area contributed by atoms with Gasteiger partial charge in [-0.2, -0.15) is 4.31 Å². The van der Waals surface area contributed by atoms with Crippen LogP contribution >= 0.6 is 11.3 Å². The van der Waals surface area contributed by atoms with Crippen molar-refractivity contribution in [3.63, 3.8) is 0 Å². The summed E-state index contributed by atoms with van der Waals surface area (Å²) >= 11 is 1.39. The third kappa shape index (κ3) is 4.19. The summed E-state index contributed by atoms with van der Waals surface area (Å²) in [6.07, 6.45) is 4.75. The van der Waals surface area contributed by atoms with Crippen molar-refractivity contribution in [1.29, 1.82) is 0 Å². The Labute approximate surface area is 160 Å². The molecule has 2 aromatic rings. The van der Waals surface area contributed by atoms with E-state index in [0.29, 0.717) is 23.2 Å². The fourth-order valence-corrected chi connectivity index (χ4v) is 6.14. The molecule has 3 heterocycles. The number of imidazole rings is 1. The summed E-state index contributed by atoms with van der Waals surface area (Å²) in [6.45, 7) is 10.8. The SMILES string of the molecule is CCc1ccc(S(=O)(=O)N2CCN(CCn3ccnc3C(C)C)CC2)s1. The van der Waals surface area contributed by atoms with Crippen molar-refractivity contribution in [3.05, 3.63) is 35.2 Å². The quantitative estimate of drug-likeness (QED) is 0.722. The molecular formula is C18H28N4O2S2. The van der Waals surface area contributed by atoms with Crippen LogP contribution in [0.2, 0.25) is 0 Å². The number of sulfonamides is 1. The lowest BCUT2D eigenvalue weighted by Crippen LogP contribution is -2.49. The maximum Gasteiger partial charge on any atom is 0.252 e. The molecule has 1 fully saturated rings. The summed E-state index contributed by atoms with van der Waals surface area (Å²) in [5.74, 6) is 1.52. The zero-order valence-corrected chi connectivity index (χ0v) is 17.4. The van der Waals surface area contributed by atoms with Gasteiger partial charge in [-0.1, -0.05) is 20.8 Å². The molecular weight excluding hydrogens is 368 g/mol. The lowest BCUT2D eigenvalue weighted by Gasteiger charge is -2.33. The molecule has 1 saturated heterocycles. The largest absolute Gasteiger partial charge is 0.333 e. The first kappa shape index (κ1) is 19.5. The van der Waals surface area contributed by atoms with Gasteiger partial charge in [0.2, 0.25) is 0 Å². The van der Waals surface area contributed by atoms with Crippen LogP contribution in [0, 0.1) is 0 Å². The van der Waals surface area contributed by atoms with E-state index in [-0.39, 0.29) is 0 Å². The third-order valence-corrected chi connectivity index (χ3v) is 8.43. The average molecular weight is 397 g/mol. The topological polar surface area (TPSA) is 58.4 Å². The number of rotatable bonds is 7. The molecule has 6 nitrogen and oxygen atoms in total. The zero-order chi connectivity index (χ0) is 18.7. The van der Waals surface area contributed by atoms with E-state index in [9.17, 15) is 8.42 Å². The molecule has 3 rings (SSSR count). The van der Waals surface area contributed by atoms with E-state index < -0.39 is 10.0 Å². The maximum atomic E-state index is 12.8.